The Morgan fingerprint density at radius 2 is 2.05 bits per heavy atom. The van der Waals surface area contributed by atoms with Gasteiger partial charge in [-0.2, -0.15) is 0 Å². The molecule has 1 aromatic rings. The number of fused-ring (bicyclic) bond motifs is 1. The number of amides is 1. The highest BCUT2D eigenvalue weighted by atomic mass is 32.1. The van der Waals surface area contributed by atoms with Gasteiger partial charge in [0, 0.05) is 4.88 Å². The molecule has 5 nitrogen and oxygen atoms in total. The predicted octanol–water partition coefficient (Wildman–Crippen LogP) is 1.67. The number of rotatable bonds is 4. The Labute approximate surface area is 128 Å². The van der Waals surface area contributed by atoms with Crippen molar-refractivity contribution in [2.75, 3.05) is 13.7 Å². The lowest BCUT2D eigenvalue weighted by molar-refractivity contribution is -0.143. The quantitative estimate of drug-likeness (QED) is 0.830. The molecular weight excluding hydrogens is 290 g/mol. The number of hydrogen-bond donors (Lipinski definition) is 2. The van der Waals surface area contributed by atoms with Gasteiger partial charge in [-0.1, -0.05) is 12.8 Å². The second-order valence-electron chi connectivity index (χ2n) is 5.21. The first-order chi connectivity index (χ1) is 10.2. The number of carbonyl (C=O) groups is 2. The number of aliphatic hydroxyl groups excluding tert-OH is 1. The van der Waals surface area contributed by atoms with E-state index < -0.39 is 18.6 Å². The van der Waals surface area contributed by atoms with Crippen molar-refractivity contribution in [3.8, 4) is 0 Å². The van der Waals surface area contributed by atoms with E-state index >= 15 is 0 Å². The molecule has 1 atom stereocenters. The summed E-state index contributed by atoms with van der Waals surface area (Å²) in [5, 5.41) is 11.7. The molecule has 0 aliphatic heterocycles. The molecule has 116 valence electrons. The van der Waals surface area contributed by atoms with Crippen LogP contribution in [0, 0.1) is 0 Å². The normalized spacial score (nSPS) is 16.3. The van der Waals surface area contributed by atoms with Gasteiger partial charge in [-0.25, -0.2) is 4.79 Å². The van der Waals surface area contributed by atoms with Crippen LogP contribution in [0.15, 0.2) is 6.07 Å². The standard InChI is InChI=1S/C15H21NO4S/c1-20-15(19)11(9-17)16-14(18)13-8-10-6-4-2-3-5-7-12(10)21-13/h8,11,17H,2-7,9H2,1H3,(H,16,18). The molecule has 1 amide bonds. The van der Waals surface area contributed by atoms with Crippen LogP contribution >= 0.6 is 11.3 Å². The molecule has 2 N–H and O–H groups in total. The third kappa shape index (κ3) is 4.04. The van der Waals surface area contributed by atoms with Gasteiger partial charge in [0.25, 0.3) is 5.91 Å². The molecule has 6 heteroatoms. The van der Waals surface area contributed by atoms with Crippen LogP contribution in [0.5, 0.6) is 0 Å². The molecule has 0 bridgehead atoms. The molecule has 0 fully saturated rings. The van der Waals surface area contributed by atoms with Crippen LogP contribution < -0.4 is 5.32 Å². The summed E-state index contributed by atoms with van der Waals surface area (Å²) in [5.74, 6) is -0.961. The van der Waals surface area contributed by atoms with E-state index in [9.17, 15) is 9.59 Å². The van der Waals surface area contributed by atoms with Crippen LogP contribution in [0.4, 0.5) is 0 Å². The van der Waals surface area contributed by atoms with E-state index in [1.54, 1.807) is 0 Å². The van der Waals surface area contributed by atoms with E-state index in [1.165, 1.54) is 41.7 Å². The fourth-order valence-electron chi connectivity index (χ4n) is 2.51. The van der Waals surface area contributed by atoms with Gasteiger partial charge >= 0.3 is 5.97 Å². The lowest BCUT2D eigenvalue weighted by atomic mass is 10.00. The van der Waals surface area contributed by atoms with Crippen LogP contribution in [0.25, 0.3) is 0 Å². The molecule has 0 saturated carbocycles. The Hall–Kier alpha value is -1.40. The zero-order valence-corrected chi connectivity index (χ0v) is 13.0. The van der Waals surface area contributed by atoms with Crippen molar-refractivity contribution in [1.82, 2.24) is 5.32 Å². The largest absolute Gasteiger partial charge is 0.467 e. The number of carbonyl (C=O) groups excluding carboxylic acids is 2. The number of aryl methyl sites for hydroxylation is 2. The maximum atomic E-state index is 12.2. The van der Waals surface area contributed by atoms with E-state index in [1.807, 2.05) is 6.07 Å². The summed E-state index contributed by atoms with van der Waals surface area (Å²) in [6, 6.07) is 0.916. The van der Waals surface area contributed by atoms with Gasteiger partial charge in [-0.05, 0) is 37.3 Å². The minimum atomic E-state index is -1.01. The van der Waals surface area contributed by atoms with Crippen LogP contribution in [-0.4, -0.2) is 36.7 Å². The summed E-state index contributed by atoms with van der Waals surface area (Å²) in [5.41, 5.74) is 1.25. The van der Waals surface area contributed by atoms with Crippen LogP contribution in [-0.2, 0) is 22.4 Å². The summed E-state index contributed by atoms with van der Waals surface area (Å²) in [6.07, 6.45) is 6.84. The third-order valence-corrected chi connectivity index (χ3v) is 4.93. The third-order valence-electron chi connectivity index (χ3n) is 3.69. The molecule has 0 radical (unpaired) electrons. The molecule has 1 aromatic heterocycles. The first-order valence-corrected chi connectivity index (χ1v) is 8.08. The minimum absolute atomic E-state index is 0.323. The molecule has 1 unspecified atom stereocenters. The molecular formula is C15H21NO4S. The second kappa shape index (κ2) is 7.56. The zero-order valence-electron chi connectivity index (χ0n) is 12.2. The number of ether oxygens (including phenoxy) is 1. The van der Waals surface area contributed by atoms with E-state index in [0.29, 0.717) is 4.88 Å². The maximum absolute atomic E-state index is 12.2. The van der Waals surface area contributed by atoms with Crippen molar-refractivity contribution in [3.63, 3.8) is 0 Å². The minimum Gasteiger partial charge on any atom is -0.467 e. The van der Waals surface area contributed by atoms with Crippen molar-refractivity contribution in [3.05, 3.63) is 21.4 Å². The van der Waals surface area contributed by atoms with Crippen molar-refractivity contribution < 1.29 is 19.4 Å². The smallest absolute Gasteiger partial charge is 0.330 e. The Morgan fingerprint density at radius 1 is 1.33 bits per heavy atom. The molecule has 1 heterocycles. The Balaban J connectivity index is 2.08. The molecule has 1 aliphatic rings. The lowest BCUT2D eigenvalue weighted by Gasteiger charge is -2.12. The molecule has 0 aromatic carbocycles. The van der Waals surface area contributed by atoms with Crippen LogP contribution in [0.3, 0.4) is 0 Å². The number of hydrogen-bond acceptors (Lipinski definition) is 5. The number of nitrogens with one attached hydrogen (secondary N) is 1. The number of methoxy groups -OCH3 is 1. The molecule has 0 saturated heterocycles. The van der Waals surface area contributed by atoms with Gasteiger partial charge in [0.05, 0.1) is 18.6 Å². The fraction of sp³-hybridized carbons (Fsp3) is 0.600. The van der Waals surface area contributed by atoms with Crippen molar-refractivity contribution in [2.45, 2.75) is 44.6 Å². The fourth-order valence-corrected chi connectivity index (χ4v) is 3.66. The molecule has 2 rings (SSSR count). The Bertz CT molecular complexity index is 486. The molecule has 1 aliphatic carbocycles. The first-order valence-electron chi connectivity index (χ1n) is 7.27. The average Bonchev–Trinajstić information content (AvgIpc) is 2.86. The SMILES string of the molecule is COC(=O)C(CO)NC(=O)c1cc2c(s1)CCCCCC2. The van der Waals surface area contributed by atoms with Crippen molar-refractivity contribution in [2.24, 2.45) is 0 Å². The topological polar surface area (TPSA) is 75.6 Å². The van der Waals surface area contributed by atoms with Gasteiger partial charge in [-0.3, -0.25) is 4.79 Å². The monoisotopic (exact) mass is 311 g/mol. The Kier molecular flexibility index (Phi) is 5.76. The highest BCUT2D eigenvalue weighted by Crippen LogP contribution is 2.28. The first kappa shape index (κ1) is 16.0. The van der Waals surface area contributed by atoms with Crippen molar-refractivity contribution >= 4 is 23.2 Å². The Morgan fingerprint density at radius 3 is 2.71 bits per heavy atom. The number of aliphatic hydroxyl groups is 1. The van der Waals surface area contributed by atoms with Crippen LogP contribution in [0.1, 0.15) is 45.8 Å². The van der Waals surface area contributed by atoms with Gasteiger partial charge < -0.3 is 15.2 Å². The predicted molar refractivity (Wildman–Crippen MR) is 80.6 cm³/mol. The highest BCUT2D eigenvalue weighted by Gasteiger charge is 2.23. The maximum Gasteiger partial charge on any atom is 0.330 e. The summed E-state index contributed by atoms with van der Waals surface area (Å²) in [7, 11) is 1.23. The number of esters is 1. The molecule has 21 heavy (non-hydrogen) atoms. The van der Waals surface area contributed by atoms with Crippen molar-refractivity contribution in [1.29, 1.82) is 0 Å². The van der Waals surface area contributed by atoms with Gasteiger partial charge in [0.2, 0.25) is 0 Å². The van der Waals surface area contributed by atoms with Gasteiger partial charge in [-0.15, -0.1) is 11.3 Å². The zero-order chi connectivity index (χ0) is 15.2. The van der Waals surface area contributed by atoms with Gasteiger partial charge in [0.15, 0.2) is 6.04 Å². The number of thiophene rings is 1. The van der Waals surface area contributed by atoms with E-state index in [4.69, 9.17) is 5.11 Å². The summed E-state index contributed by atoms with van der Waals surface area (Å²) in [6.45, 7) is -0.469. The van der Waals surface area contributed by atoms with E-state index in [-0.39, 0.29) is 5.91 Å². The average molecular weight is 311 g/mol. The summed E-state index contributed by atoms with van der Waals surface area (Å²) >= 11 is 1.49. The van der Waals surface area contributed by atoms with E-state index in [0.717, 1.165) is 25.7 Å². The van der Waals surface area contributed by atoms with E-state index in [2.05, 4.69) is 10.1 Å². The summed E-state index contributed by atoms with van der Waals surface area (Å²) < 4.78 is 4.54. The highest BCUT2D eigenvalue weighted by molar-refractivity contribution is 7.14. The lowest BCUT2D eigenvalue weighted by Crippen LogP contribution is -2.43. The summed E-state index contributed by atoms with van der Waals surface area (Å²) in [4.78, 5) is 25.5. The second-order valence-corrected chi connectivity index (χ2v) is 6.34. The molecule has 0 spiro atoms. The van der Waals surface area contributed by atoms with Gasteiger partial charge in [0.1, 0.15) is 0 Å². The van der Waals surface area contributed by atoms with Crippen LogP contribution in [0.2, 0.25) is 0 Å².